The van der Waals surface area contributed by atoms with E-state index in [1.54, 1.807) is 6.07 Å². The van der Waals surface area contributed by atoms with Crippen LogP contribution in [0.5, 0.6) is 0 Å². The van der Waals surface area contributed by atoms with Gasteiger partial charge in [0.05, 0.1) is 11.1 Å². The minimum Gasteiger partial charge on any atom is -0.389 e. The standard InChI is InChI=1S/C30H50N2O2Si2.Ti/c1-19(2)35(20(3)4,21(5)6)32(36(22(7)8,23(9)10)24(11)12)30(34)28-26-16-14-13-15-25(26)17-18-27(28)29(31)33;/h13-24H,1-12H3,(H2,31,33);. The molecule has 204 valence electrons. The van der Waals surface area contributed by atoms with Gasteiger partial charge >= 0.3 is 0 Å². The predicted molar refractivity (Wildman–Crippen MR) is 161 cm³/mol. The first-order valence-corrected chi connectivity index (χ1v) is 18.1. The Labute approximate surface area is 243 Å². The summed E-state index contributed by atoms with van der Waals surface area (Å²) in [5.74, 6) is -0.507. The molecule has 2 aromatic rings. The molecule has 0 bridgehead atoms. The van der Waals surface area contributed by atoms with Crippen LogP contribution in [0.4, 0.5) is 0 Å². The second-order valence-corrected chi connectivity index (χ2v) is 24.2. The number of fused-ring (bicyclic) bond motifs is 1. The number of carbonyl (C=O) groups excluding carboxylic acids is 2. The monoisotopic (exact) mass is 574 g/mol. The van der Waals surface area contributed by atoms with Gasteiger partial charge in [-0.3, -0.25) is 9.59 Å². The summed E-state index contributed by atoms with van der Waals surface area (Å²) in [6, 6.07) is 11.6. The topological polar surface area (TPSA) is 63.4 Å². The Morgan fingerprint density at radius 2 is 1.03 bits per heavy atom. The number of nitrogens with zero attached hydrogens (tertiary/aromatic N) is 1. The van der Waals surface area contributed by atoms with Gasteiger partial charge in [-0.2, -0.15) is 0 Å². The molecule has 2 N–H and O–H groups in total. The molecule has 0 unspecified atom stereocenters. The zero-order chi connectivity index (χ0) is 27.7. The van der Waals surface area contributed by atoms with Crippen molar-refractivity contribution in [2.24, 2.45) is 5.73 Å². The summed E-state index contributed by atoms with van der Waals surface area (Å²) in [6.45, 7) is 27.9. The van der Waals surface area contributed by atoms with Gasteiger partial charge in [-0.15, -0.1) is 0 Å². The van der Waals surface area contributed by atoms with E-state index >= 15 is 4.79 Å². The number of primary amides is 1. The molecule has 0 radical (unpaired) electrons. The van der Waals surface area contributed by atoms with Gasteiger partial charge in [-0.25, -0.2) is 0 Å². The van der Waals surface area contributed by atoms with E-state index in [-0.39, 0.29) is 27.6 Å². The Morgan fingerprint density at radius 3 is 1.38 bits per heavy atom. The van der Waals surface area contributed by atoms with E-state index in [9.17, 15) is 4.79 Å². The number of rotatable bonds is 10. The third kappa shape index (κ3) is 5.46. The maximum Gasteiger partial charge on any atom is 0.249 e. The number of benzene rings is 2. The van der Waals surface area contributed by atoms with Crippen LogP contribution in [-0.4, -0.2) is 32.5 Å². The van der Waals surface area contributed by atoms with Gasteiger partial charge < -0.3 is 9.96 Å². The summed E-state index contributed by atoms with van der Waals surface area (Å²) < 4.78 is 2.54. The van der Waals surface area contributed by atoms with Crippen LogP contribution >= 0.6 is 0 Å². The summed E-state index contributed by atoms with van der Waals surface area (Å²) in [7, 11) is -4.96. The molecule has 2 rings (SSSR count). The maximum absolute atomic E-state index is 15.4. The van der Waals surface area contributed by atoms with E-state index < -0.39 is 22.4 Å². The molecule has 2 amide bonds. The van der Waals surface area contributed by atoms with Crippen molar-refractivity contribution in [3.63, 3.8) is 0 Å². The summed E-state index contributed by atoms with van der Waals surface area (Å²) >= 11 is 0. The maximum atomic E-state index is 15.4. The third-order valence-electron chi connectivity index (χ3n) is 8.94. The van der Waals surface area contributed by atoms with Gasteiger partial charge in [0.25, 0.3) is 0 Å². The first-order chi connectivity index (χ1) is 16.6. The fourth-order valence-corrected chi connectivity index (χ4v) is 27.4. The van der Waals surface area contributed by atoms with Crippen molar-refractivity contribution < 1.29 is 31.3 Å². The molecule has 2 aromatic carbocycles. The average Bonchev–Trinajstić information content (AvgIpc) is 2.76. The first kappa shape index (κ1) is 33.8. The van der Waals surface area contributed by atoms with E-state index in [4.69, 9.17) is 5.73 Å². The number of hydrogen-bond acceptors (Lipinski definition) is 2. The van der Waals surface area contributed by atoms with E-state index in [1.165, 1.54) is 0 Å². The predicted octanol–water partition coefficient (Wildman–Crippen LogP) is 8.73. The van der Waals surface area contributed by atoms with E-state index in [0.717, 1.165) is 10.8 Å². The van der Waals surface area contributed by atoms with Crippen molar-refractivity contribution in [3.8, 4) is 0 Å². The summed E-state index contributed by atoms with van der Waals surface area (Å²) in [5.41, 5.74) is 8.91. The third-order valence-corrected chi connectivity index (χ3v) is 24.3. The number of amides is 2. The van der Waals surface area contributed by atoms with Crippen LogP contribution in [0.3, 0.4) is 0 Å². The molecule has 4 nitrogen and oxygen atoms in total. The Balaban J connectivity index is 0.00000684. The van der Waals surface area contributed by atoms with Crippen LogP contribution in [0.25, 0.3) is 10.8 Å². The molecule has 0 atom stereocenters. The largest absolute Gasteiger partial charge is 0.389 e. The quantitative estimate of drug-likeness (QED) is 0.288. The van der Waals surface area contributed by atoms with E-state index in [2.05, 4.69) is 87.3 Å². The van der Waals surface area contributed by atoms with Crippen molar-refractivity contribution in [3.05, 3.63) is 47.5 Å². The summed E-state index contributed by atoms with van der Waals surface area (Å²) in [4.78, 5) is 28.2. The molecule has 0 fully saturated rings. The Bertz CT molecular complexity index is 1020. The molecule has 0 saturated heterocycles. The molecule has 0 aliphatic carbocycles. The van der Waals surface area contributed by atoms with E-state index in [1.807, 2.05) is 30.3 Å². The fourth-order valence-electron chi connectivity index (χ4n) is 8.06. The average molecular weight is 575 g/mol. The van der Waals surface area contributed by atoms with Crippen LogP contribution in [0.15, 0.2) is 36.4 Å². The van der Waals surface area contributed by atoms with E-state index in [0.29, 0.717) is 44.4 Å². The fraction of sp³-hybridized carbons (Fsp3) is 0.600. The minimum absolute atomic E-state index is 0. The van der Waals surface area contributed by atoms with Crippen LogP contribution in [0.1, 0.15) is 104 Å². The molecular formula is C30H50N2O2Si2Ti. The van der Waals surface area contributed by atoms with Crippen LogP contribution in [0, 0.1) is 0 Å². The van der Waals surface area contributed by atoms with Crippen molar-refractivity contribution in [2.45, 2.75) is 116 Å². The van der Waals surface area contributed by atoms with Crippen LogP contribution in [0.2, 0.25) is 33.2 Å². The van der Waals surface area contributed by atoms with Crippen molar-refractivity contribution in [1.29, 1.82) is 0 Å². The van der Waals surface area contributed by atoms with Gasteiger partial charge in [-0.05, 0) is 50.1 Å². The summed E-state index contributed by atoms with van der Waals surface area (Å²) in [5, 5.41) is 1.78. The Hall–Kier alpha value is -1.21. The molecule has 0 aliphatic rings. The molecule has 37 heavy (non-hydrogen) atoms. The van der Waals surface area contributed by atoms with Crippen molar-refractivity contribution >= 4 is 39.1 Å². The summed E-state index contributed by atoms with van der Waals surface area (Å²) in [6.07, 6.45) is 0. The van der Waals surface area contributed by atoms with Gasteiger partial charge in [0.2, 0.25) is 11.8 Å². The number of nitrogens with two attached hydrogens (primary N) is 1. The molecule has 7 heteroatoms. The Kier molecular flexibility index (Phi) is 11.7. The van der Waals surface area contributed by atoms with Gasteiger partial charge in [0.15, 0.2) is 16.5 Å². The molecule has 0 aromatic heterocycles. The molecule has 0 spiro atoms. The van der Waals surface area contributed by atoms with Gasteiger partial charge in [0, 0.05) is 21.7 Å². The molecular weight excluding hydrogens is 524 g/mol. The number of carbonyl (C=O) groups is 2. The zero-order valence-electron chi connectivity index (χ0n) is 25.3. The molecule has 0 saturated carbocycles. The number of hydrogen-bond donors (Lipinski definition) is 1. The SMILES string of the molecule is CC(C)[Si](C(C)C)(C(C)C)N(C(=O)c1c(C(N)=O)ccc2ccccc12)[Si](C(C)C)(C(C)C)C(C)C.[Ti]. The molecule has 0 heterocycles. The minimum atomic E-state index is -2.48. The van der Waals surface area contributed by atoms with Gasteiger partial charge in [0.1, 0.15) is 0 Å². The smallest absolute Gasteiger partial charge is 0.249 e. The second kappa shape index (κ2) is 12.8. The van der Waals surface area contributed by atoms with Gasteiger partial charge in [-0.1, -0.05) is 113 Å². The van der Waals surface area contributed by atoms with Crippen LogP contribution in [-0.2, 0) is 21.7 Å². The first-order valence-electron chi connectivity index (χ1n) is 13.8. The normalized spacial score (nSPS) is 12.8. The van der Waals surface area contributed by atoms with Crippen molar-refractivity contribution in [2.75, 3.05) is 0 Å². The van der Waals surface area contributed by atoms with Crippen LogP contribution < -0.4 is 5.73 Å². The Morgan fingerprint density at radius 1 is 0.649 bits per heavy atom. The van der Waals surface area contributed by atoms with Crippen molar-refractivity contribution in [1.82, 2.24) is 4.23 Å². The second-order valence-electron chi connectivity index (χ2n) is 12.4. The zero-order valence-corrected chi connectivity index (χ0v) is 28.8. The molecule has 0 aliphatic heterocycles.